The van der Waals surface area contributed by atoms with Crippen molar-refractivity contribution in [3.63, 3.8) is 0 Å². The Morgan fingerprint density at radius 2 is 1.90 bits per heavy atom. The highest BCUT2D eigenvalue weighted by Crippen LogP contribution is 2.29. The Kier molecular flexibility index (Phi) is 6.63. The summed E-state index contributed by atoms with van der Waals surface area (Å²) in [6.45, 7) is 2.39. The molecule has 3 rings (SSSR count). The minimum atomic E-state index is -3.63. The molecule has 7 nitrogen and oxygen atoms in total. The SMILES string of the molecule is COCCNS(=O)(=O)c1ccc(C(=O)N(C)C(C)c2nc3ccccc3s2)cc1. The molecular formula is C20H23N3O4S2. The number of ether oxygens (including phenoxy) is 1. The first-order chi connectivity index (χ1) is 13.8. The van der Waals surface area contributed by atoms with Crippen LogP contribution in [0.15, 0.2) is 53.4 Å². The Hall–Kier alpha value is -2.33. The lowest BCUT2D eigenvalue weighted by atomic mass is 10.2. The van der Waals surface area contributed by atoms with E-state index in [1.54, 1.807) is 23.3 Å². The molecule has 1 unspecified atom stereocenters. The summed E-state index contributed by atoms with van der Waals surface area (Å²) in [7, 11) is -0.414. The van der Waals surface area contributed by atoms with Crippen molar-refractivity contribution >= 4 is 37.5 Å². The number of methoxy groups -OCH3 is 1. The van der Waals surface area contributed by atoms with Gasteiger partial charge in [-0.1, -0.05) is 12.1 Å². The number of aromatic nitrogens is 1. The average Bonchev–Trinajstić information content (AvgIpc) is 3.16. The minimum Gasteiger partial charge on any atom is -0.383 e. The first-order valence-electron chi connectivity index (χ1n) is 9.05. The van der Waals surface area contributed by atoms with Crippen molar-refractivity contribution in [2.45, 2.75) is 17.9 Å². The number of nitrogens with zero attached hydrogens (tertiary/aromatic N) is 2. The van der Waals surface area contributed by atoms with Gasteiger partial charge in [0.05, 0.1) is 27.8 Å². The van der Waals surface area contributed by atoms with Crippen LogP contribution >= 0.6 is 11.3 Å². The molecule has 1 heterocycles. The van der Waals surface area contributed by atoms with E-state index in [0.717, 1.165) is 15.2 Å². The van der Waals surface area contributed by atoms with Gasteiger partial charge in [-0.05, 0) is 43.3 Å². The van der Waals surface area contributed by atoms with Gasteiger partial charge in [0.1, 0.15) is 5.01 Å². The van der Waals surface area contributed by atoms with Crippen LogP contribution in [0.3, 0.4) is 0 Å². The van der Waals surface area contributed by atoms with Crippen LogP contribution in [-0.2, 0) is 14.8 Å². The number of carbonyl (C=O) groups is 1. The molecule has 0 bridgehead atoms. The van der Waals surface area contributed by atoms with E-state index in [1.807, 2.05) is 31.2 Å². The molecule has 0 saturated heterocycles. The monoisotopic (exact) mass is 433 g/mol. The molecule has 2 aromatic carbocycles. The molecule has 9 heteroatoms. The molecule has 0 aliphatic rings. The van der Waals surface area contributed by atoms with E-state index >= 15 is 0 Å². The normalized spacial score (nSPS) is 12.8. The van der Waals surface area contributed by atoms with Gasteiger partial charge < -0.3 is 9.64 Å². The van der Waals surface area contributed by atoms with E-state index in [-0.39, 0.29) is 30.0 Å². The number of hydrogen-bond donors (Lipinski definition) is 1. The van der Waals surface area contributed by atoms with Gasteiger partial charge in [0.15, 0.2) is 0 Å². The fraction of sp³-hybridized carbons (Fsp3) is 0.300. The van der Waals surface area contributed by atoms with Gasteiger partial charge in [0.2, 0.25) is 10.0 Å². The maximum Gasteiger partial charge on any atom is 0.254 e. The summed E-state index contributed by atoms with van der Waals surface area (Å²) in [6.07, 6.45) is 0. The molecule has 1 N–H and O–H groups in total. The summed E-state index contributed by atoms with van der Waals surface area (Å²) < 4.78 is 32.8. The summed E-state index contributed by atoms with van der Waals surface area (Å²) in [5.74, 6) is -0.201. The first-order valence-corrected chi connectivity index (χ1v) is 11.3. The van der Waals surface area contributed by atoms with Crippen LogP contribution < -0.4 is 4.72 Å². The molecule has 0 radical (unpaired) electrons. The summed E-state index contributed by atoms with van der Waals surface area (Å²) in [4.78, 5) is 19.2. The fourth-order valence-corrected chi connectivity index (χ4v) is 4.83. The number of thiazole rings is 1. The number of para-hydroxylation sites is 1. The van der Waals surface area contributed by atoms with Crippen LogP contribution in [0.4, 0.5) is 0 Å². The predicted molar refractivity (Wildman–Crippen MR) is 114 cm³/mol. The fourth-order valence-electron chi connectivity index (χ4n) is 2.75. The Balaban J connectivity index is 1.73. The summed E-state index contributed by atoms with van der Waals surface area (Å²) in [6, 6.07) is 13.5. The molecule has 0 fully saturated rings. The number of rotatable bonds is 8. The van der Waals surface area contributed by atoms with Crippen LogP contribution in [0.1, 0.15) is 28.3 Å². The highest BCUT2D eigenvalue weighted by Gasteiger charge is 2.22. The van der Waals surface area contributed by atoms with Crippen LogP contribution in [-0.4, -0.2) is 51.5 Å². The lowest BCUT2D eigenvalue weighted by Crippen LogP contribution is -2.30. The molecule has 0 spiro atoms. The first kappa shape index (κ1) is 21.4. The van der Waals surface area contributed by atoms with Gasteiger partial charge in [-0.25, -0.2) is 18.1 Å². The maximum absolute atomic E-state index is 12.9. The van der Waals surface area contributed by atoms with Crippen LogP contribution in [0, 0.1) is 0 Å². The molecule has 1 atom stereocenters. The van der Waals surface area contributed by atoms with E-state index < -0.39 is 10.0 Å². The standard InChI is InChI=1S/C20H23N3O4S2/c1-14(19-22-17-6-4-5-7-18(17)28-19)23(2)20(24)15-8-10-16(11-9-15)29(25,26)21-12-13-27-3/h4-11,14,21H,12-13H2,1-3H3. The number of benzene rings is 2. The topological polar surface area (TPSA) is 88.6 Å². The van der Waals surface area contributed by atoms with Crippen LogP contribution in [0.5, 0.6) is 0 Å². The Morgan fingerprint density at radius 3 is 2.55 bits per heavy atom. The summed E-state index contributed by atoms with van der Waals surface area (Å²) in [5, 5.41) is 0.851. The summed E-state index contributed by atoms with van der Waals surface area (Å²) >= 11 is 1.56. The molecule has 3 aromatic rings. The number of fused-ring (bicyclic) bond motifs is 1. The van der Waals surface area contributed by atoms with Crippen molar-refractivity contribution in [3.8, 4) is 0 Å². The van der Waals surface area contributed by atoms with Gasteiger partial charge in [-0.2, -0.15) is 0 Å². The third-order valence-corrected chi connectivity index (χ3v) is 7.26. The van der Waals surface area contributed by atoms with Gasteiger partial charge in [-0.3, -0.25) is 4.79 Å². The number of nitrogens with one attached hydrogen (secondary N) is 1. The molecule has 1 aromatic heterocycles. The van der Waals surface area contributed by atoms with Crippen molar-refractivity contribution in [1.29, 1.82) is 0 Å². The molecule has 0 saturated carbocycles. The molecule has 1 amide bonds. The second-order valence-corrected chi connectivity index (χ2v) is 9.36. The zero-order valence-electron chi connectivity index (χ0n) is 16.5. The highest BCUT2D eigenvalue weighted by molar-refractivity contribution is 7.89. The Labute approximate surface area is 174 Å². The van der Waals surface area contributed by atoms with E-state index in [1.165, 1.54) is 31.4 Å². The zero-order chi connectivity index (χ0) is 21.0. The maximum atomic E-state index is 12.9. The zero-order valence-corrected chi connectivity index (χ0v) is 18.1. The molecular weight excluding hydrogens is 410 g/mol. The Bertz CT molecular complexity index is 1060. The number of hydrogen-bond acceptors (Lipinski definition) is 6. The van der Waals surface area contributed by atoms with Crippen LogP contribution in [0.2, 0.25) is 0 Å². The van der Waals surface area contributed by atoms with Crippen molar-refractivity contribution < 1.29 is 17.9 Å². The second-order valence-electron chi connectivity index (χ2n) is 6.53. The van der Waals surface area contributed by atoms with Crippen LogP contribution in [0.25, 0.3) is 10.2 Å². The predicted octanol–water partition coefficient (Wildman–Crippen LogP) is 3.05. The number of carbonyl (C=O) groups excluding carboxylic acids is 1. The number of sulfonamides is 1. The number of amides is 1. The minimum absolute atomic E-state index is 0.104. The Morgan fingerprint density at radius 1 is 1.21 bits per heavy atom. The largest absolute Gasteiger partial charge is 0.383 e. The van der Waals surface area contributed by atoms with Crippen molar-refractivity contribution in [3.05, 3.63) is 59.1 Å². The lowest BCUT2D eigenvalue weighted by Gasteiger charge is -2.23. The van der Waals surface area contributed by atoms with Crippen molar-refractivity contribution in [2.75, 3.05) is 27.3 Å². The van der Waals surface area contributed by atoms with Gasteiger partial charge >= 0.3 is 0 Å². The van der Waals surface area contributed by atoms with E-state index in [0.29, 0.717) is 5.56 Å². The van der Waals surface area contributed by atoms with E-state index in [2.05, 4.69) is 9.71 Å². The van der Waals surface area contributed by atoms with Crippen molar-refractivity contribution in [1.82, 2.24) is 14.6 Å². The summed E-state index contributed by atoms with van der Waals surface area (Å²) in [5.41, 5.74) is 1.33. The molecule has 0 aliphatic carbocycles. The third kappa shape index (κ3) is 4.81. The van der Waals surface area contributed by atoms with Crippen molar-refractivity contribution in [2.24, 2.45) is 0 Å². The second kappa shape index (κ2) is 9.00. The molecule has 154 valence electrons. The molecule has 29 heavy (non-hydrogen) atoms. The highest BCUT2D eigenvalue weighted by atomic mass is 32.2. The smallest absolute Gasteiger partial charge is 0.254 e. The third-order valence-electron chi connectivity index (χ3n) is 4.58. The van der Waals surface area contributed by atoms with Gasteiger partial charge in [0, 0.05) is 26.3 Å². The lowest BCUT2D eigenvalue weighted by molar-refractivity contribution is 0.0742. The quantitative estimate of drug-likeness (QED) is 0.552. The van der Waals surface area contributed by atoms with E-state index in [9.17, 15) is 13.2 Å². The van der Waals surface area contributed by atoms with Gasteiger partial charge in [-0.15, -0.1) is 11.3 Å². The van der Waals surface area contributed by atoms with Gasteiger partial charge in [0.25, 0.3) is 5.91 Å². The van der Waals surface area contributed by atoms with E-state index in [4.69, 9.17) is 4.74 Å². The molecule has 0 aliphatic heterocycles. The average molecular weight is 434 g/mol.